The molecule has 4 aliphatic rings. The van der Waals surface area contributed by atoms with E-state index in [1.807, 2.05) is 53.5 Å². The molecule has 1 spiro atoms. The molecule has 36 heavy (non-hydrogen) atoms. The average molecular weight is 511 g/mol. The van der Waals surface area contributed by atoms with Gasteiger partial charge in [-0.2, -0.15) is 0 Å². The Morgan fingerprint density at radius 2 is 1.97 bits per heavy atom. The number of aliphatic hydroxyl groups is 1. The minimum absolute atomic E-state index is 0.116. The highest BCUT2D eigenvalue weighted by molar-refractivity contribution is 8.02. The van der Waals surface area contributed by atoms with Gasteiger partial charge in [0.1, 0.15) is 6.04 Å². The summed E-state index contributed by atoms with van der Waals surface area (Å²) in [6.45, 7) is 3.16. The number of carbonyl (C=O) groups excluding carboxylic acids is 3. The Labute approximate surface area is 216 Å². The number of unbranched alkanes of at least 4 members (excludes halogenated alkanes) is 1. The molecule has 7 nitrogen and oxygen atoms in total. The number of nitrogens with zero attached hydrogens (tertiary/aromatic N) is 2. The van der Waals surface area contributed by atoms with Gasteiger partial charge >= 0.3 is 5.97 Å². The number of hydrogen-bond acceptors (Lipinski definition) is 6. The van der Waals surface area contributed by atoms with E-state index >= 15 is 0 Å². The van der Waals surface area contributed by atoms with Crippen LogP contribution >= 0.6 is 11.8 Å². The molecule has 1 N–H and O–H groups in total. The Bertz CT molecular complexity index is 1060. The van der Waals surface area contributed by atoms with Crippen molar-refractivity contribution in [2.24, 2.45) is 11.8 Å². The first-order valence-electron chi connectivity index (χ1n) is 13.0. The number of thioether (sulfide) groups is 1. The van der Waals surface area contributed by atoms with Gasteiger partial charge in [-0.3, -0.25) is 14.4 Å². The number of fused-ring (bicyclic) bond motifs is 2. The van der Waals surface area contributed by atoms with E-state index in [4.69, 9.17) is 4.74 Å². The van der Waals surface area contributed by atoms with Crippen molar-refractivity contribution in [3.63, 3.8) is 0 Å². The van der Waals surface area contributed by atoms with E-state index in [-0.39, 0.29) is 29.6 Å². The summed E-state index contributed by atoms with van der Waals surface area (Å²) in [5.41, 5.74) is 0.767. The average Bonchev–Trinajstić information content (AvgIpc) is 3.30. The number of esters is 1. The standard InChI is InChI=1S/C28H34N2O5S/c1-2-3-15-29-16-10-14-28-23(22-21(36-28)13-8-5-9-17-35-27(22)34)25(32)30(24(28)26(29)33)20(18-31)19-11-6-4-7-12-19/h4,6-8,10-14,20-24,31H,2-3,5,9,15-18H2,1H3/b13-8-/t20-,21-,22+,23+,24?,28+/m1/s1. The quantitative estimate of drug-likeness (QED) is 0.468. The van der Waals surface area contributed by atoms with Crippen LogP contribution in [0.25, 0.3) is 0 Å². The van der Waals surface area contributed by atoms with E-state index in [2.05, 4.69) is 13.0 Å². The molecule has 6 atom stereocenters. The Morgan fingerprint density at radius 3 is 2.72 bits per heavy atom. The van der Waals surface area contributed by atoms with Crippen LogP contribution < -0.4 is 0 Å². The summed E-state index contributed by atoms with van der Waals surface area (Å²) in [5.74, 6) is -2.17. The molecule has 4 heterocycles. The molecule has 0 aromatic heterocycles. The molecule has 0 aliphatic carbocycles. The highest BCUT2D eigenvalue weighted by Crippen LogP contribution is 2.61. The number of benzene rings is 1. The van der Waals surface area contributed by atoms with Crippen LogP contribution in [0, 0.1) is 11.8 Å². The number of amides is 2. The molecule has 0 radical (unpaired) electrons. The molecule has 5 rings (SSSR count). The summed E-state index contributed by atoms with van der Waals surface area (Å²) in [6.07, 6.45) is 11.5. The summed E-state index contributed by atoms with van der Waals surface area (Å²) in [4.78, 5) is 45.3. The predicted molar refractivity (Wildman–Crippen MR) is 138 cm³/mol. The SMILES string of the molecule is CCCCN1CC=C[C@]23S[C@@H]4/C=C\CCCOC(=O)[C@@H]4[C@H]2C(=O)N([C@H](CO)c2ccccc2)C3C1=O. The summed E-state index contributed by atoms with van der Waals surface area (Å²) in [7, 11) is 0. The van der Waals surface area contributed by atoms with Crippen molar-refractivity contribution in [2.75, 3.05) is 26.3 Å². The largest absolute Gasteiger partial charge is 0.465 e. The number of rotatable bonds is 6. The van der Waals surface area contributed by atoms with Gasteiger partial charge in [0.05, 0.1) is 35.8 Å². The molecule has 2 amide bonds. The van der Waals surface area contributed by atoms with Crippen molar-refractivity contribution in [3.05, 3.63) is 60.2 Å². The topological polar surface area (TPSA) is 87.2 Å². The Hall–Kier alpha value is -2.58. The van der Waals surface area contributed by atoms with E-state index in [1.54, 1.807) is 4.90 Å². The van der Waals surface area contributed by atoms with Gasteiger partial charge < -0.3 is 19.6 Å². The van der Waals surface area contributed by atoms with E-state index in [1.165, 1.54) is 11.8 Å². The lowest BCUT2D eigenvalue weighted by atomic mass is 9.78. The smallest absolute Gasteiger partial charge is 0.311 e. The summed E-state index contributed by atoms with van der Waals surface area (Å²) in [6, 6.07) is 7.85. The van der Waals surface area contributed by atoms with Crippen LogP contribution in [0.4, 0.5) is 0 Å². The Kier molecular flexibility index (Phi) is 7.26. The molecular weight excluding hydrogens is 476 g/mol. The molecule has 8 heteroatoms. The maximum Gasteiger partial charge on any atom is 0.311 e. The third kappa shape index (κ3) is 4.08. The summed E-state index contributed by atoms with van der Waals surface area (Å²) < 4.78 is 4.71. The number of aliphatic hydroxyl groups excluding tert-OH is 1. The molecule has 2 fully saturated rings. The molecule has 192 valence electrons. The zero-order valence-electron chi connectivity index (χ0n) is 20.6. The molecule has 1 aromatic carbocycles. The van der Waals surface area contributed by atoms with Crippen LogP contribution in [0.15, 0.2) is 54.6 Å². The van der Waals surface area contributed by atoms with Gasteiger partial charge in [-0.15, -0.1) is 11.8 Å². The van der Waals surface area contributed by atoms with Crippen LogP contribution in [-0.4, -0.2) is 75.0 Å². The normalized spacial score (nSPS) is 33.6. The second kappa shape index (κ2) is 10.4. The van der Waals surface area contributed by atoms with Crippen molar-refractivity contribution in [2.45, 2.75) is 54.7 Å². The summed E-state index contributed by atoms with van der Waals surface area (Å²) >= 11 is 1.54. The third-order valence-electron chi connectivity index (χ3n) is 7.85. The van der Waals surface area contributed by atoms with Gasteiger partial charge in [-0.25, -0.2) is 0 Å². The van der Waals surface area contributed by atoms with E-state index < -0.39 is 28.7 Å². The number of likely N-dealkylation sites (tertiary alicyclic amines) is 1. The fraction of sp³-hybridized carbons (Fsp3) is 0.536. The highest BCUT2D eigenvalue weighted by Gasteiger charge is 2.71. The lowest BCUT2D eigenvalue weighted by Crippen LogP contribution is -2.54. The van der Waals surface area contributed by atoms with Crippen LogP contribution in [0.2, 0.25) is 0 Å². The molecule has 0 bridgehead atoms. The second-order valence-corrected chi connectivity index (χ2v) is 11.5. The monoisotopic (exact) mass is 510 g/mol. The number of hydrogen-bond donors (Lipinski definition) is 1. The van der Waals surface area contributed by atoms with Gasteiger partial charge in [-0.1, -0.05) is 68.0 Å². The van der Waals surface area contributed by atoms with Crippen molar-refractivity contribution < 1.29 is 24.2 Å². The van der Waals surface area contributed by atoms with Crippen molar-refractivity contribution in [1.82, 2.24) is 9.80 Å². The minimum atomic E-state index is -0.908. The molecule has 2 saturated heterocycles. The van der Waals surface area contributed by atoms with Gasteiger partial charge in [0, 0.05) is 18.3 Å². The minimum Gasteiger partial charge on any atom is -0.465 e. The van der Waals surface area contributed by atoms with E-state index in [0.29, 0.717) is 19.7 Å². The van der Waals surface area contributed by atoms with Gasteiger partial charge in [0.25, 0.3) is 0 Å². The molecule has 4 aliphatic heterocycles. The molecule has 1 aromatic rings. The van der Waals surface area contributed by atoms with Crippen molar-refractivity contribution in [3.8, 4) is 0 Å². The lowest BCUT2D eigenvalue weighted by Gasteiger charge is -2.38. The Morgan fingerprint density at radius 1 is 1.17 bits per heavy atom. The van der Waals surface area contributed by atoms with Crippen LogP contribution in [0.3, 0.4) is 0 Å². The second-order valence-electron chi connectivity index (χ2n) is 9.97. The third-order valence-corrected chi connectivity index (χ3v) is 9.59. The fourth-order valence-corrected chi connectivity index (χ4v) is 8.14. The van der Waals surface area contributed by atoms with Gasteiger partial charge in [-0.05, 0) is 24.8 Å². The summed E-state index contributed by atoms with van der Waals surface area (Å²) in [5, 5.41) is 10.3. The number of carbonyl (C=O) groups is 3. The molecule has 0 saturated carbocycles. The first kappa shape index (κ1) is 25.1. The zero-order valence-corrected chi connectivity index (χ0v) is 21.4. The van der Waals surface area contributed by atoms with Gasteiger partial charge in [0.2, 0.25) is 11.8 Å². The van der Waals surface area contributed by atoms with Crippen LogP contribution in [0.5, 0.6) is 0 Å². The highest BCUT2D eigenvalue weighted by atomic mass is 32.2. The fourth-order valence-electron chi connectivity index (χ4n) is 6.15. The van der Waals surface area contributed by atoms with E-state index in [0.717, 1.165) is 31.2 Å². The number of ether oxygens (including phenoxy) is 1. The molecular formula is C28H34N2O5S. The maximum absolute atomic E-state index is 14.3. The lowest BCUT2D eigenvalue weighted by molar-refractivity contribution is -0.153. The zero-order chi connectivity index (χ0) is 25.3. The number of cyclic esters (lactones) is 1. The van der Waals surface area contributed by atoms with Crippen molar-refractivity contribution >= 4 is 29.5 Å². The first-order valence-corrected chi connectivity index (χ1v) is 13.9. The maximum atomic E-state index is 14.3. The predicted octanol–water partition coefficient (Wildman–Crippen LogP) is 3.11. The van der Waals surface area contributed by atoms with Gasteiger partial charge in [0.15, 0.2) is 0 Å². The Balaban J connectivity index is 1.64. The first-order chi connectivity index (χ1) is 17.5. The van der Waals surface area contributed by atoms with E-state index in [9.17, 15) is 19.5 Å². The van der Waals surface area contributed by atoms with Crippen molar-refractivity contribution in [1.29, 1.82) is 0 Å². The van der Waals surface area contributed by atoms with Crippen LogP contribution in [-0.2, 0) is 19.1 Å². The molecule has 1 unspecified atom stereocenters. The number of allylic oxidation sites excluding steroid dienone is 1. The van der Waals surface area contributed by atoms with Crippen LogP contribution in [0.1, 0.15) is 44.2 Å².